The minimum atomic E-state index is -0.167. The van der Waals surface area contributed by atoms with E-state index in [2.05, 4.69) is 26.8 Å². The van der Waals surface area contributed by atoms with Gasteiger partial charge in [-0.25, -0.2) is 4.98 Å². The van der Waals surface area contributed by atoms with Crippen LogP contribution >= 0.6 is 11.3 Å². The average molecular weight is 498 g/mol. The summed E-state index contributed by atoms with van der Waals surface area (Å²) in [6.07, 6.45) is 6.63. The van der Waals surface area contributed by atoms with E-state index in [1.807, 2.05) is 47.3 Å². The molecule has 5 rings (SSSR count). The average Bonchev–Trinajstić information content (AvgIpc) is 3.54. The SMILES string of the molecule is N#Cc1ccc(-c2cnn(Cc3cccc(C(=O)Nc4nc5c(s4)C[C@@H](NCCN)CC5)c3)c2)cc1. The van der Waals surface area contributed by atoms with E-state index in [4.69, 9.17) is 11.0 Å². The first-order valence-electron chi connectivity index (χ1n) is 12.0. The Labute approximate surface area is 213 Å². The van der Waals surface area contributed by atoms with Crippen LogP contribution in [0.3, 0.4) is 0 Å². The summed E-state index contributed by atoms with van der Waals surface area (Å²) in [7, 11) is 0. The van der Waals surface area contributed by atoms with Crippen LogP contribution in [0.2, 0.25) is 0 Å². The molecule has 2 aromatic heterocycles. The quantitative estimate of drug-likeness (QED) is 0.342. The molecule has 1 aliphatic rings. The van der Waals surface area contributed by atoms with E-state index in [-0.39, 0.29) is 5.91 Å². The van der Waals surface area contributed by atoms with Crippen molar-refractivity contribution in [2.45, 2.75) is 31.8 Å². The molecule has 0 spiro atoms. The van der Waals surface area contributed by atoms with Gasteiger partial charge in [-0.1, -0.05) is 24.3 Å². The number of hydrogen-bond donors (Lipinski definition) is 3. The van der Waals surface area contributed by atoms with Gasteiger partial charge in [0, 0.05) is 41.3 Å². The van der Waals surface area contributed by atoms with Crippen LogP contribution in [-0.2, 0) is 19.4 Å². The number of benzene rings is 2. The highest BCUT2D eigenvalue weighted by molar-refractivity contribution is 7.15. The van der Waals surface area contributed by atoms with Gasteiger partial charge in [0.1, 0.15) is 0 Å². The van der Waals surface area contributed by atoms with Gasteiger partial charge in [0.05, 0.1) is 30.1 Å². The third-order valence-electron chi connectivity index (χ3n) is 6.25. The van der Waals surface area contributed by atoms with Crippen molar-refractivity contribution < 1.29 is 4.79 Å². The summed E-state index contributed by atoms with van der Waals surface area (Å²) in [6.45, 7) is 1.99. The lowest BCUT2D eigenvalue weighted by Gasteiger charge is -2.21. The number of fused-ring (bicyclic) bond motifs is 1. The monoisotopic (exact) mass is 497 g/mol. The molecule has 0 radical (unpaired) electrons. The van der Waals surface area contributed by atoms with Gasteiger partial charge in [-0.3, -0.25) is 14.8 Å². The molecule has 1 amide bonds. The third-order valence-corrected chi connectivity index (χ3v) is 7.29. The summed E-state index contributed by atoms with van der Waals surface area (Å²) in [4.78, 5) is 18.9. The van der Waals surface area contributed by atoms with E-state index in [9.17, 15) is 4.79 Å². The lowest BCUT2D eigenvalue weighted by molar-refractivity contribution is 0.102. The fourth-order valence-electron chi connectivity index (χ4n) is 4.39. The minimum Gasteiger partial charge on any atom is -0.329 e. The number of nitrogens with two attached hydrogens (primary N) is 1. The van der Waals surface area contributed by atoms with Gasteiger partial charge in [0.25, 0.3) is 5.91 Å². The van der Waals surface area contributed by atoms with Crippen molar-refractivity contribution in [3.8, 4) is 17.2 Å². The molecule has 0 aliphatic heterocycles. The standard InChI is InChI=1S/C27H27N7OS/c28-10-11-30-23-8-9-24-25(13-23)36-27(32-24)33-26(35)21-3-1-2-19(12-21)16-34-17-22(15-31-34)20-6-4-18(14-29)5-7-20/h1-7,12,15,17,23,30H,8-11,13,16,28H2,(H,32,33,35)/t23-/m0/s1. The maximum Gasteiger partial charge on any atom is 0.257 e. The first kappa shape index (κ1) is 23.9. The predicted octanol–water partition coefficient (Wildman–Crippen LogP) is 3.58. The fraction of sp³-hybridized carbons (Fsp3) is 0.259. The third kappa shape index (κ3) is 5.52. The van der Waals surface area contributed by atoms with Crippen LogP contribution in [0, 0.1) is 11.3 Å². The van der Waals surface area contributed by atoms with Crippen LogP contribution < -0.4 is 16.4 Å². The van der Waals surface area contributed by atoms with Crippen LogP contribution in [0.4, 0.5) is 5.13 Å². The number of nitrogens with zero attached hydrogens (tertiary/aromatic N) is 4. The number of anilines is 1. The van der Waals surface area contributed by atoms with Gasteiger partial charge in [0.2, 0.25) is 0 Å². The maximum absolute atomic E-state index is 13.0. The molecule has 0 fully saturated rings. The van der Waals surface area contributed by atoms with E-state index in [0.29, 0.717) is 35.4 Å². The van der Waals surface area contributed by atoms with Crippen molar-refractivity contribution in [2.24, 2.45) is 5.73 Å². The topological polar surface area (TPSA) is 122 Å². The summed E-state index contributed by atoms with van der Waals surface area (Å²) < 4.78 is 1.84. The Balaban J connectivity index is 1.23. The van der Waals surface area contributed by atoms with Crippen LogP contribution in [0.25, 0.3) is 11.1 Å². The Morgan fingerprint density at radius 1 is 1.22 bits per heavy atom. The van der Waals surface area contributed by atoms with Gasteiger partial charge >= 0.3 is 0 Å². The zero-order valence-corrected chi connectivity index (χ0v) is 20.6. The number of aryl methyl sites for hydroxylation is 1. The predicted molar refractivity (Wildman–Crippen MR) is 141 cm³/mol. The first-order chi connectivity index (χ1) is 17.6. The van der Waals surface area contributed by atoms with Crippen molar-refractivity contribution in [2.75, 3.05) is 18.4 Å². The number of nitrogens with one attached hydrogen (secondary N) is 2. The van der Waals surface area contributed by atoms with Crippen LogP contribution in [-0.4, -0.2) is 39.8 Å². The highest BCUT2D eigenvalue weighted by Crippen LogP contribution is 2.30. The van der Waals surface area contributed by atoms with E-state index in [1.165, 1.54) is 4.88 Å². The number of amides is 1. The second kappa shape index (κ2) is 10.8. The summed E-state index contributed by atoms with van der Waals surface area (Å²) >= 11 is 1.56. The van der Waals surface area contributed by atoms with Crippen LogP contribution in [0.1, 0.15) is 38.5 Å². The smallest absolute Gasteiger partial charge is 0.257 e. The summed E-state index contributed by atoms with van der Waals surface area (Å²) in [6, 6.07) is 17.5. The number of nitriles is 1. The fourth-order valence-corrected chi connectivity index (χ4v) is 5.48. The first-order valence-corrected chi connectivity index (χ1v) is 12.8. The highest BCUT2D eigenvalue weighted by atomic mass is 32.1. The number of carbonyl (C=O) groups excluding carboxylic acids is 1. The van der Waals surface area contributed by atoms with E-state index >= 15 is 0 Å². The summed E-state index contributed by atoms with van der Waals surface area (Å²) in [5, 5.41) is 20.6. The Hall–Kier alpha value is -3.84. The van der Waals surface area contributed by atoms with Gasteiger partial charge in [-0.2, -0.15) is 10.4 Å². The molecule has 0 saturated carbocycles. The molecule has 8 nitrogen and oxygen atoms in total. The van der Waals surface area contributed by atoms with E-state index in [1.54, 1.807) is 29.7 Å². The molecular formula is C27H27N7OS. The second-order valence-corrected chi connectivity index (χ2v) is 9.93. The van der Waals surface area contributed by atoms with Crippen LogP contribution in [0.15, 0.2) is 60.9 Å². The minimum absolute atomic E-state index is 0.167. The Morgan fingerprint density at radius 3 is 2.89 bits per heavy atom. The maximum atomic E-state index is 13.0. The largest absolute Gasteiger partial charge is 0.329 e. The van der Waals surface area contributed by atoms with Gasteiger partial charge in [0.15, 0.2) is 5.13 Å². The van der Waals surface area contributed by atoms with Crippen molar-refractivity contribution in [1.29, 1.82) is 5.26 Å². The Bertz CT molecular complexity index is 1400. The molecule has 182 valence electrons. The molecule has 9 heteroatoms. The van der Waals surface area contributed by atoms with Gasteiger partial charge in [-0.15, -0.1) is 11.3 Å². The summed E-state index contributed by atoms with van der Waals surface area (Å²) in [5.74, 6) is -0.167. The molecular weight excluding hydrogens is 470 g/mol. The zero-order chi connectivity index (χ0) is 24.9. The number of hydrogen-bond acceptors (Lipinski definition) is 7. The Kier molecular flexibility index (Phi) is 7.18. The van der Waals surface area contributed by atoms with Crippen LogP contribution in [0.5, 0.6) is 0 Å². The molecule has 4 N–H and O–H groups in total. The molecule has 1 atom stereocenters. The number of thiazole rings is 1. The van der Waals surface area contributed by atoms with E-state index in [0.717, 1.165) is 48.2 Å². The zero-order valence-electron chi connectivity index (χ0n) is 19.8. The Morgan fingerprint density at radius 2 is 2.08 bits per heavy atom. The lowest BCUT2D eigenvalue weighted by Crippen LogP contribution is -2.37. The second-order valence-electron chi connectivity index (χ2n) is 8.84. The molecule has 36 heavy (non-hydrogen) atoms. The molecule has 1 aliphatic carbocycles. The molecule has 2 heterocycles. The van der Waals surface area contributed by atoms with Crippen molar-refractivity contribution >= 4 is 22.4 Å². The highest BCUT2D eigenvalue weighted by Gasteiger charge is 2.23. The molecule has 2 aromatic carbocycles. The lowest BCUT2D eigenvalue weighted by atomic mass is 9.98. The number of rotatable bonds is 8. The molecule has 0 bridgehead atoms. The van der Waals surface area contributed by atoms with Crippen molar-refractivity contribution in [3.63, 3.8) is 0 Å². The normalized spacial score (nSPS) is 14.7. The number of carbonyl (C=O) groups is 1. The van der Waals surface area contributed by atoms with Gasteiger partial charge in [-0.05, 0) is 54.7 Å². The summed E-state index contributed by atoms with van der Waals surface area (Å²) in [5.41, 5.74) is 10.9. The molecule has 0 saturated heterocycles. The van der Waals surface area contributed by atoms with Gasteiger partial charge < -0.3 is 11.1 Å². The van der Waals surface area contributed by atoms with E-state index < -0.39 is 0 Å². The molecule has 4 aromatic rings. The van der Waals surface area contributed by atoms with Crippen molar-refractivity contribution in [3.05, 3.63) is 88.2 Å². The number of aromatic nitrogens is 3. The van der Waals surface area contributed by atoms with Crippen molar-refractivity contribution in [1.82, 2.24) is 20.1 Å². The molecule has 0 unspecified atom stereocenters.